The van der Waals surface area contributed by atoms with Gasteiger partial charge in [0.2, 0.25) is 11.8 Å². The van der Waals surface area contributed by atoms with Gasteiger partial charge in [0.25, 0.3) is 0 Å². The van der Waals surface area contributed by atoms with E-state index in [9.17, 15) is 14.4 Å². The molecule has 0 saturated carbocycles. The number of hydrogen-bond donors (Lipinski definition) is 4. The minimum atomic E-state index is -0.892. The van der Waals surface area contributed by atoms with Crippen LogP contribution in [0.25, 0.3) is 10.8 Å². The number of nitrogen functional groups attached to an aromatic ring is 1. The van der Waals surface area contributed by atoms with Crippen LogP contribution in [0.1, 0.15) is 52.2 Å². The molecule has 3 amide bonds. The lowest BCUT2D eigenvalue weighted by Crippen LogP contribution is -2.56. The Morgan fingerprint density at radius 2 is 1.69 bits per heavy atom. The highest BCUT2D eigenvalue weighted by Gasteiger charge is 2.31. The van der Waals surface area contributed by atoms with E-state index in [-0.39, 0.29) is 24.8 Å². The van der Waals surface area contributed by atoms with E-state index >= 15 is 0 Å². The van der Waals surface area contributed by atoms with Crippen LogP contribution < -0.4 is 21.7 Å². The number of benzene rings is 2. The molecular formula is C30H39N5O4. The third-order valence-corrected chi connectivity index (χ3v) is 6.42. The third-order valence-electron chi connectivity index (χ3n) is 6.42. The number of fused-ring (bicyclic) bond motifs is 1. The van der Waals surface area contributed by atoms with Crippen molar-refractivity contribution >= 4 is 34.5 Å². The number of alkyl carbamates (subject to hydrolysis) is 1. The summed E-state index contributed by atoms with van der Waals surface area (Å²) < 4.78 is 5.38. The third kappa shape index (κ3) is 8.70. The first-order chi connectivity index (χ1) is 18.5. The van der Waals surface area contributed by atoms with Gasteiger partial charge < -0.3 is 26.4 Å². The minimum Gasteiger partial charge on any atom is -0.444 e. The monoisotopic (exact) mass is 533 g/mol. The van der Waals surface area contributed by atoms with Crippen LogP contribution in [0.15, 0.2) is 60.8 Å². The van der Waals surface area contributed by atoms with Crippen LogP contribution in [-0.2, 0) is 27.3 Å². The predicted octanol–water partition coefficient (Wildman–Crippen LogP) is 4.10. The van der Waals surface area contributed by atoms with E-state index in [1.165, 1.54) is 0 Å². The van der Waals surface area contributed by atoms with Crippen LogP contribution in [0.2, 0.25) is 0 Å². The Hall–Kier alpha value is -4.14. The fourth-order valence-corrected chi connectivity index (χ4v) is 4.15. The summed E-state index contributed by atoms with van der Waals surface area (Å²) in [7, 11) is 0. The van der Waals surface area contributed by atoms with Gasteiger partial charge in [0.15, 0.2) is 0 Å². The molecule has 0 radical (unpaired) electrons. The number of pyridine rings is 1. The highest BCUT2D eigenvalue weighted by molar-refractivity contribution is 5.92. The lowest BCUT2D eigenvalue weighted by Gasteiger charge is -2.28. The molecule has 0 aliphatic carbocycles. The van der Waals surface area contributed by atoms with E-state index in [0.717, 1.165) is 21.9 Å². The van der Waals surface area contributed by atoms with Crippen molar-refractivity contribution in [3.8, 4) is 0 Å². The second-order valence-corrected chi connectivity index (χ2v) is 10.7. The topological polar surface area (TPSA) is 135 Å². The molecule has 5 N–H and O–H groups in total. The Bertz CT molecular complexity index is 1280. The van der Waals surface area contributed by atoms with Crippen molar-refractivity contribution in [2.45, 2.75) is 71.7 Å². The van der Waals surface area contributed by atoms with Gasteiger partial charge in [0, 0.05) is 19.2 Å². The number of ether oxygens (including phenoxy) is 1. The maximum Gasteiger partial charge on any atom is 0.408 e. The molecule has 1 heterocycles. The maximum atomic E-state index is 13.5. The van der Waals surface area contributed by atoms with E-state index in [1.54, 1.807) is 39.1 Å². The van der Waals surface area contributed by atoms with Crippen LogP contribution in [0.3, 0.4) is 0 Å². The maximum absolute atomic E-state index is 13.5. The van der Waals surface area contributed by atoms with Gasteiger partial charge >= 0.3 is 6.09 Å². The summed E-state index contributed by atoms with van der Waals surface area (Å²) in [5.74, 6) is -0.614. The van der Waals surface area contributed by atoms with Crippen LogP contribution >= 0.6 is 0 Å². The molecule has 3 aromatic rings. The summed E-state index contributed by atoms with van der Waals surface area (Å²) in [6.07, 6.45) is 1.81. The van der Waals surface area contributed by atoms with Crippen molar-refractivity contribution < 1.29 is 19.1 Å². The van der Waals surface area contributed by atoms with Crippen molar-refractivity contribution in [3.05, 3.63) is 71.9 Å². The number of hydrogen-bond acceptors (Lipinski definition) is 6. The molecule has 3 rings (SSSR count). The number of anilines is 1. The highest BCUT2D eigenvalue weighted by Crippen LogP contribution is 2.20. The van der Waals surface area contributed by atoms with E-state index < -0.39 is 29.7 Å². The van der Waals surface area contributed by atoms with Crippen molar-refractivity contribution in [2.75, 3.05) is 5.73 Å². The quantitative estimate of drug-likeness (QED) is 0.310. The Morgan fingerprint density at radius 3 is 2.36 bits per heavy atom. The Morgan fingerprint density at radius 1 is 0.974 bits per heavy atom. The zero-order valence-corrected chi connectivity index (χ0v) is 23.3. The molecule has 0 aliphatic rings. The molecule has 0 bridgehead atoms. The lowest BCUT2D eigenvalue weighted by atomic mass is 9.96. The number of nitrogens with zero attached hydrogens (tertiary/aromatic N) is 1. The van der Waals surface area contributed by atoms with Crippen molar-refractivity contribution in [1.82, 2.24) is 20.9 Å². The molecule has 39 heavy (non-hydrogen) atoms. The molecule has 0 saturated heterocycles. The van der Waals surface area contributed by atoms with E-state index in [2.05, 4.69) is 20.9 Å². The lowest BCUT2D eigenvalue weighted by molar-refractivity contribution is -0.130. The number of nitrogens with one attached hydrogen (secondary N) is 3. The molecule has 3 atom stereocenters. The Kier molecular flexibility index (Phi) is 9.87. The van der Waals surface area contributed by atoms with Crippen LogP contribution in [0, 0.1) is 5.92 Å². The highest BCUT2D eigenvalue weighted by atomic mass is 16.6. The van der Waals surface area contributed by atoms with Gasteiger partial charge in [0.05, 0.1) is 0 Å². The van der Waals surface area contributed by atoms with Gasteiger partial charge in [-0.15, -0.1) is 0 Å². The summed E-state index contributed by atoms with van der Waals surface area (Å²) >= 11 is 0. The number of aromatic nitrogens is 1. The number of carbonyl (C=O) groups excluding carboxylic acids is 3. The summed E-state index contributed by atoms with van der Waals surface area (Å²) in [5.41, 5.74) is 6.64. The van der Waals surface area contributed by atoms with Crippen LogP contribution in [0.5, 0.6) is 0 Å². The molecule has 0 spiro atoms. The molecule has 9 nitrogen and oxygen atoms in total. The summed E-state index contributed by atoms with van der Waals surface area (Å²) in [6.45, 7) is 9.29. The van der Waals surface area contributed by atoms with Crippen molar-refractivity contribution in [1.29, 1.82) is 0 Å². The number of amides is 3. The average Bonchev–Trinajstić information content (AvgIpc) is 2.89. The smallest absolute Gasteiger partial charge is 0.408 e. The van der Waals surface area contributed by atoms with Gasteiger partial charge in [-0.1, -0.05) is 68.8 Å². The van der Waals surface area contributed by atoms with E-state index in [4.69, 9.17) is 10.5 Å². The molecule has 1 aromatic heterocycles. The first-order valence-corrected chi connectivity index (χ1v) is 13.2. The van der Waals surface area contributed by atoms with Gasteiger partial charge in [-0.2, -0.15) is 0 Å². The van der Waals surface area contributed by atoms with Crippen LogP contribution in [0.4, 0.5) is 10.6 Å². The van der Waals surface area contributed by atoms with E-state index in [0.29, 0.717) is 12.2 Å². The average molecular weight is 534 g/mol. The Balaban J connectivity index is 1.84. The standard InChI is InChI=1S/C30H39N5O4/c1-6-19(2)26(35-29(38)39-30(3,4)5)28(37)34-24(27(36)33-18-20-14-15-25(31)32-17-20)16-22-12-9-11-21-10-7-8-13-23(21)22/h7-15,17,19,24,26H,6,16,18H2,1-5H3,(H2,31,32)(H,33,36)(H,34,37)(H,35,38)/t19?,24-,26?/m0/s1. The minimum absolute atomic E-state index is 0.195. The fourth-order valence-electron chi connectivity index (χ4n) is 4.15. The Labute approximate surface area is 229 Å². The molecule has 2 unspecified atom stereocenters. The van der Waals surface area contributed by atoms with Crippen molar-refractivity contribution in [3.63, 3.8) is 0 Å². The van der Waals surface area contributed by atoms with Gasteiger partial charge in [-0.25, -0.2) is 9.78 Å². The van der Waals surface area contributed by atoms with Crippen molar-refractivity contribution in [2.24, 2.45) is 5.92 Å². The predicted molar refractivity (Wildman–Crippen MR) is 153 cm³/mol. The summed E-state index contributed by atoms with van der Waals surface area (Å²) in [4.78, 5) is 43.6. The zero-order chi connectivity index (χ0) is 28.6. The number of nitrogens with two attached hydrogens (primary N) is 1. The molecule has 208 valence electrons. The number of carbonyl (C=O) groups is 3. The summed E-state index contributed by atoms with van der Waals surface area (Å²) in [5, 5.41) is 10.5. The molecule has 9 heteroatoms. The molecule has 0 fully saturated rings. The second-order valence-electron chi connectivity index (χ2n) is 10.7. The van der Waals surface area contributed by atoms with Crippen LogP contribution in [-0.4, -0.2) is 40.6 Å². The first-order valence-electron chi connectivity index (χ1n) is 13.2. The first kappa shape index (κ1) is 29.4. The molecule has 2 aromatic carbocycles. The zero-order valence-electron chi connectivity index (χ0n) is 23.3. The van der Waals surface area contributed by atoms with Gasteiger partial charge in [-0.05, 0) is 54.7 Å². The van der Waals surface area contributed by atoms with Gasteiger partial charge in [-0.3, -0.25) is 9.59 Å². The fraction of sp³-hybridized carbons (Fsp3) is 0.400. The summed E-state index contributed by atoms with van der Waals surface area (Å²) in [6, 6.07) is 15.5. The van der Waals surface area contributed by atoms with E-state index in [1.807, 2.05) is 56.3 Å². The number of rotatable bonds is 10. The molecular weight excluding hydrogens is 494 g/mol. The normalized spacial score (nSPS) is 13.7. The SMILES string of the molecule is CCC(C)C(NC(=O)OC(C)(C)C)C(=O)N[C@@H](Cc1cccc2ccccc12)C(=O)NCc1ccc(N)nc1. The molecule has 0 aliphatic heterocycles. The second kappa shape index (κ2) is 13.1. The largest absolute Gasteiger partial charge is 0.444 e. The van der Waals surface area contributed by atoms with Gasteiger partial charge in [0.1, 0.15) is 23.5 Å².